The normalized spacial score (nSPS) is 16.3. The Kier molecular flexibility index (Phi) is 2.54. The van der Waals surface area contributed by atoms with Gasteiger partial charge >= 0.3 is 0 Å². The number of benzene rings is 1. The average molecular weight is 228 g/mol. The summed E-state index contributed by atoms with van der Waals surface area (Å²) in [7, 11) is 0. The molecule has 0 aliphatic carbocycles. The van der Waals surface area contributed by atoms with Gasteiger partial charge in [-0.25, -0.2) is 0 Å². The fraction of sp³-hybridized carbons (Fsp3) is 0.300. The van der Waals surface area contributed by atoms with Crippen LogP contribution in [0.5, 0.6) is 5.75 Å². The van der Waals surface area contributed by atoms with Gasteiger partial charge < -0.3 is 15.1 Å². The zero-order valence-corrected chi connectivity index (χ0v) is 8.61. The van der Waals surface area contributed by atoms with Crippen LogP contribution < -0.4 is 0 Å². The van der Waals surface area contributed by atoms with Gasteiger partial charge in [-0.3, -0.25) is 4.79 Å². The van der Waals surface area contributed by atoms with Gasteiger partial charge in [0.1, 0.15) is 5.75 Å². The van der Waals surface area contributed by atoms with E-state index in [-0.39, 0.29) is 17.2 Å². The van der Waals surface area contributed by atoms with Crippen LogP contribution in [0.15, 0.2) is 18.2 Å². The van der Waals surface area contributed by atoms with Crippen molar-refractivity contribution in [3.63, 3.8) is 0 Å². The first-order valence-electron chi connectivity index (χ1n) is 4.54. The zero-order chi connectivity index (χ0) is 11.0. The smallest absolute Gasteiger partial charge is 0.257 e. The Morgan fingerprint density at radius 1 is 1.47 bits per heavy atom. The number of nitrogens with zero attached hydrogens (tertiary/aromatic N) is 1. The van der Waals surface area contributed by atoms with Crippen molar-refractivity contribution in [2.45, 2.75) is 6.10 Å². The minimum absolute atomic E-state index is 0.131. The molecule has 0 saturated carbocycles. The molecule has 1 saturated heterocycles. The highest BCUT2D eigenvalue weighted by molar-refractivity contribution is 6.30. The molecular formula is C10H10ClNO3. The molecule has 2 N–H and O–H groups in total. The second-order valence-corrected chi connectivity index (χ2v) is 3.96. The highest BCUT2D eigenvalue weighted by atomic mass is 35.5. The van der Waals surface area contributed by atoms with Crippen molar-refractivity contribution in [2.24, 2.45) is 0 Å². The van der Waals surface area contributed by atoms with Crippen LogP contribution in [0, 0.1) is 0 Å². The molecular weight excluding hydrogens is 218 g/mol. The Hall–Kier alpha value is -1.26. The van der Waals surface area contributed by atoms with Gasteiger partial charge in [-0.05, 0) is 18.2 Å². The maximum absolute atomic E-state index is 11.7. The number of β-amino-alcohol motifs (C(OH)–C–C–N with tert-alkyl or cyclic N) is 1. The molecule has 0 unspecified atom stereocenters. The maximum atomic E-state index is 11.7. The van der Waals surface area contributed by atoms with Crippen molar-refractivity contribution in [1.82, 2.24) is 4.90 Å². The largest absolute Gasteiger partial charge is 0.507 e. The van der Waals surface area contributed by atoms with E-state index in [2.05, 4.69) is 0 Å². The number of amides is 1. The van der Waals surface area contributed by atoms with E-state index >= 15 is 0 Å². The third-order valence-corrected chi connectivity index (χ3v) is 2.57. The van der Waals surface area contributed by atoms with Crippen LogP contribution in [0.4, 0.5) is 0 Å². The van der Waals surface area contributed by atoms with Gasteiger partial charge in [0.25, 0.3) is 5.91 Å². The lowest BCUT2D eigenvalue weighted by Crippen LogP contribution is -2.53. The quantitative estimate of drug-likeness (QED) is 0.748. The number of carbonyl (C=O) groups is 1. The van der Waals surface area contributed by atoms with Gasteiger partial charge in [-0.2, -0.15) is 0 Å². The number of phenols is 1. The molecule has 0 radical (unpaired) electrons. The minimum atomic E-state index is -0.441. The molecule has 1 aromatic rings. The van der Waals surface area contributed by atoms with E-state index in [9.17, 15) is 9.90 Å². The molecule has 1 heterocycles. The fourth-order valence-corrected chi connectivity index (χ4v) is 1.64. The molecule has 0 bridgehead atoms. The van der Waals surface area contributed by atoms with Gasteiger partial charge in [0.05, 0.1) is 11.7 Å². The second kappa shape index (κ2) is 3.72. The molecule has 15 heavy (non-hydrogen) atoms. The average Bonchev–Trinajstić information content (AvgIpc) is 2.12. The molecule has 0 atom stereocenters. The number of aromatic hydroxyl groups is 1. The van der Waals surface area contributed by atoms with Gasteiger partial charge in [0.2, 0.25) is 0 Å². The summed E-state index contributed by atoms with van der Waals surface area (Å²) in [4.78, 5) is 13.2. The van der Waals surface area contributed by atoms with E-state index in [4.69, 9.17) is 16.7 Å². The van der Waals surface area contributed by atoms with Gasteiger partial charge in [-0.1, -0.05) is 11.6 Å². The van der Waals surface area contributed by atoms with Gasteiger partial charge in [0, 0.05) is 18.1 Å². The number of phenolic OH excluding ortho intramolecular Hbond substituents is 1. The van der Waals surface area contributed by atoms with Gasteiger partial charge in [0.15, 0.2) is 0 Å². The molecule has 5 heteroatoms. The van der Waals surface area contributed by atoms with Crippen molar-refractivity contribution >= 4 is 17.5 Å². The van der Waals surface area contributed by atoms with Crippen molar-refractivity contribution in [3.05, 3.63) is 28.8 Å². The maximum Gasteiger partial charge on any atom is 0.257 e. The van der Waals surface area contributed by atoms with Crippen LogP contribution in [0.1, 0.15) is 10.4 Å². The summed E-state index contributed by atoms with van der Waals surface area (Å²) in [5.41, 5.74) is 0.214. The molecule has 80 valence electrons. The Labute approximate surface area is 91.7 Å². The Morgan fingerprint density at radius 3 is 2.67 bits per heavy atom. The van der Waals surface area contributed by atoms with E-state index in [0.29, 0.717) is 18.1 Å². The van der Waals surface area contributed by atoms with Crippen LogP contribution in [-0.2, 0) is 0 Å². The molecule has 1 fully saturated rings. The SMILES string of the molecule is O=C(c1ccc(Cl)cc1O)N1CC(O)C1. The monoisotopic (exact) mass is 227 g/mol. The van der Waals surface area contributed by atoms with E-state index < -0.39 is 6.10 Å². The summed E-state index contributed by atoms with van der Waals surface area (Å²) in [6, 6.07) is 4.35. The molecule has 2 rings (SSSR count). The third kappa shape index (κ3) is 1.91. The van der Waals surface area contributed by atoms with Crippen LogP contribution in [0.3, 0.4) is 0 Å². The predicted octanol–water partition coefficient (Wildman–Crippen LogP) is 0.862. The Bertz CT molecular complexity index is 402. The van der Waals surface area contributed by atoms with E-state index in [1.54, 1.807) is 6.07 Å². The molecule has 0 aromatic heterocycles. The molecule has 4 nitrogen and oxygen atoms in total. The number of likely N-dealkylation sites (tertiary alicyclic amines) is 1. The highest BCUT2D eigenvalue weighted by Gasteiger charge is 2.30. The molecule has 1 aliphatic rings. The number of carbonyl (C=O) groups excluding carboxylic acids is 1. The predicted molar refractivity (Wildman–Crippen MR) is 55.0 cm³/mol. The van der Waals surface area contributed by atoms with Crippen molar-refractivity contribution < 1.29 is 15.0 Å². The summed E-state index contributed by atoms with van der Waals surface area (Å²) in [6.07, 6.45) is -0.441. The number of hydrogen-bond acceptors (Lipinski definition) is 3. The number of hydrogen-bond donors (Lipinski definition) is 2. The Balaban J connectivity index is 2.19. The van der Waals surface area contributed by atoms with E-state index in [1.165, 1.54) is 17.0 Å². The first kappa shape index (κ1) is 10.3. The number of aliphatic hydroxyl groups is 1. The number of aliphatic hydroxyl groups excluding tert-OH is 1. The number of halogens is 1. The second-order valence-electron chi connectivity index (χ2n) is 3.53. The first-order valence-corrected chi connectivity index (χ1v) is 4.91. The molecule has 0 spiro atoms. The lowest BCUT2D eigenvalue weighted by Gasteiger charge is -2.35. The summed E-state index contributed by atoms with van der Waals surface area (Å²) >= 11 is 5.65. The third-order valence-electron chi connectivity index (χ3n) is 2.34. The van der Waals surface area contributed by atoms with Crippen LogP contribution in [-0.4, -0.2) is 40.2 Å². The molecule has 1 aliphatic heterocycles. The van der Waals surface area contributed by atoms with Crippen molar-refractivity contribution in [3.8, 4) is 5.75 Å². The first-order chi connectivity index (χ1) is 7.08. The topological polar surface area (TPSA) is 60.8 Å². The summed E-state index contributed by atoms with van der Waals surface area (Å²) in [6.45, 7) is 0.641. The lowest BCUT2D eigenvalue weighted by atomic mass is 10.1. The fourth-order valence-electron chi connectivity index (χ4n) is 1.48. The minimum Gasteiger partial charge on any atom is -0.507 e. The standard InChI is InChI=1S/C10H10ClNO3/c11-6-1-2-8(9(14)3-6)10(15)12-4-7(13)5-12/h1-3,7,13-14H,4-5H2. The van der Waals surface area contributed by atoms with Crippen LogP contribution in [0.25, 0.3) is 0 Å². The van der Waals surface area contributed by atoms with Crippen LogP contribution >= 0.6 is 11.6 Å². The zero-order valence-electron chi connectivity index (χ0n) is 7.85. The van der Waals surface area contributed by atoms with E-state index in [0.717, 1.165) is 0 Å². The molecule has 1 amide bonds. The summed E-state index contributed by atoms with van der Waals surface area (Å²) < 4.78 is 0. The van der Waals surface area contributed by atoms with Gasteiger partial charge in [-0.15, -0.1) is 0 Å². The number of rotatable bonds is 1. The van der Waals surface area contributed by atoms with E-state index in [1.807, 2.05) is 0 Å². The molecule has 1 aromatic carbocycles. The highest BCUT2D eigenvalue weighted by Crippen LogP contribution is 2.24. The summed E-state index contributed by atoms with van der Waals surface area (Å²) in [5, 5.41) is 18.9. The summed E-state index contributed by atoms with van der Waals surface area (Å²) in [5.74, 6) is -0.414. The Morgan fingerprint density at radius 2 is 2.13 bits per heavy atom. The van der Waals surface area contributed by atoms with Crippen molar-refractivity contribution in [2.75, 3.05) is 13.1 Å². The van der Waals surface area contributed by atoms with Crippen molar-refractivity contribution in [1.29, 1.82) is 0 Å². The van der Waals surface area contributed by atoms with Crippen LogP contribution in [0.2, 0.25) is 5.02 Å². The lowest BCUT2D eigenvalue weighted by molar-refractivity contribution is 0.00571.